The largest absolute Gasteiger partial charge is 0.370 e. The second kappa shape index (κ2) is 9.20. The Bertz CT molecular complexity index is 1350. The molecule has 0 radical (unpaired) electrons. The fourth-order valence-corrected chi connectivity index (χ4v) is 4.21. The van der Waals surface area contributed by atoms with E-state index >= 15 is 0 Å². The van der Waals surface area contributed by atoms with Gasteiger partial charge in [0.05, 0.1) is 11.9 Å². The molecule has 0 bridgehead atoms. The summed E-state index contributed by atoms with van der Waals surface area (Å²) in [6.07, 6.45) is 4.57. The monoisotopic (exact) mass is 438 g/mol. The summed E-state index contributed by atoms with van der Waals surface area (Å²) in [6.45, 7) is 5.12. The molecule has 5 aromatic rings. The van der Waals surface area contributed by atoms with Crippen molar-refractivity contribution >= 4 is 11.5 Å². The van der Waals surface area contributed by atoms with E-state index in [4.69, 9.17) is 4.98 Å². The average Bonchev–Trinajstić information content (AvgIpc) is 3.54. The van der Waals surface area contributed by atoms with Crippen LogP contribution in [0.3, 0.4) is 0 Å². The third-order valence-corrected chi connectivity index (χ3v) is 5.71. The summed E-state index contributed by atoms with van der Waals surface area (Å²) >= 11 is 0. The number of hydrogen-bond acceptors (Lipinski definition) is 6. The SMILES string of the molecule is CCCc1nc2ccnn2c(NCC)c1Cc1ccc(-c2ccccc2-c2nn[nH]n2)cc1. The van der Waals surface area contributed by atoms with E-state index < -0.39 is 0 Å². The van der Waals surface area contributed by atoms with Crippen molar-refractivity contribution in [3.8, 4) is 22.5 Å². The summed E-state index contributed by atoms with van der Waals surface area (Å²) in [5, 5.41) is 22.6. The number of H-pyrrole nitrogens is 1. The Kier molecular flexibility index (Phi) is 5.80. The molecule has 0 spiro atoms. The molecule has 8 heteroatoms. The van der Waals surface area contributed by atoms with E-state index in [1.165, 1.54) is 11.1 Å². The minimum absolute atomic E-state index is 0.591. The number of nitrogens with one attached hydrogen (secondary N) is 2. The summed E-state index contributed by atoms with van der Waals surface area (Å²) < 4.78 is 1.91. The predicted molar refractivity (Wildman–Crippen MR) is 129 cm³/mol. The fourth-order valence-electron chi connectivity index (χ4n) is 4.21. The van der Waals surface area contributed by atoms with E-state index in [0.29, 0.717) is 5.82 Å². The molecule has 3 heterocycles. The number of fused-ring (bicyclic) bond motifs is 1. The Morgan fingerprint density at radius 1 is 0.970 bits per heavy atom. The highest BCUT2D eigenvalue weighted by molar-refractivity contribution is 5.80. The summed E-state index contributed by atoms with van der Waals surface area (Å²) in [5.41, 5.74) is 7.58. The Morgan fingerprint density at radius 2 is 1.79 bits per heavy atom. The first kappa shape index (κ1) is 20.8. The van der Waals surface area contributed by atoms with Crippen LogP contribution in [0.2, 0.25) is 0 Å². The summed E-state index contributed by atoms with van der Waals surface area (Å²) in [7, 11) is 0. The van der Waals surface area contributed by atoms with Gasteiger partial charge in [0, 0.05) is 30.2 Å². The maximum absolute atomic E-state index is 4.91. The number of aromatic nitrogens is 7. The van der Waals surface area contributed by atoms with Gasteiger partial charge in [-0.05, 0) is 35.2 Å². The topological polar surface area (TPSA) is 96.7 Å². The molecule has 5 rings (SSSR count). The van der Waals surface area contributed by atoms with Gasteiger partial charge in [-0.2, -0.15) is 14.8 Å². The quantitative estimate of drug-likeness (QED) is 0.369. The van der Waals surface area contributed by atoms with Crippen molar-refractivity contribution in [3.63, 3.8) is 0 Å². The molecule has 166 valence electrons. The lowest BCUT2D eigenvalue weighted by Gasteiger charge is -2.17. The Balaban J connectivity index is 1.51. The third kappa shape index (κ3) is 4.07. The van der Waals surface area contributed by atoms with Gasteiger partial charge in [-0.15, -0.1) is 10.2 Å². The molecule has 0 saturated heterocycles. The lowest BCUT2D eigenvalue weighted by molar-refractivity contribution is 0.832. The van der Waals surface area contributed by atoms with Crippen LogP contribution in [-0.4, -0.2) is 41.8 Å². The smallest absolute Gasteiger partial charge is 0.205 e. The minimum atomic E-state index is 0.591. The van der Waals surface area contributed by atoms with E-state index in [1.54, 1.807) is 6.20 Å². The van der Waals surface area contributed by atoms with E-state index in [1.807, 2.05) is 28.8 Å². The van der Waals surface area contributed by atoms with Crippen LogP contribution < -0.4 is 5.32 Å². The molecule has 0 aliphatic heterocycles. The minimum Gasteiger partial charge on any atom is -0.370 e. The second-order valence-corrected chi connectivity index (χ2v) is 7.92. The van der Waals surface area contributed by atoms with E-state index in [2.05, 4.69) is 75.2 Å². The van der Waals surface area contributed by atoms with Crippen molar-refractivity contribution in [2.45, 2.75) is 33.1 Å². The molecule has 2 aromatic carbocycles. The van der Waals surface area contributed by atoms with Crippen LogP contribution in [0.1, 0.15) is 37.1 Å². The number of hydrogen-bond donors (Lipinski definition) is 2. The molecule has 0 saturated carbocycles. The molecule has 0 unspecified atom stereocenters. The first-order valence-corrected chi connectivity index (χ1v) is 11.3. The molecular formula is C25H26N8. The molecular weight excluding hydrogens is 412 g/mol. The van der Waals surface area contributed by atoms with Gasteiger partial charge >= 0.3 is 0 Å². The van der Waals surface area contributed by atoms with Crippen LogP contribution in [0.15, 0.2) is 60.8 Å². The third-order valence-electron chi connectivity index (χ3n) is 5.71. The first-order valence-electron chi connectivity index (χ1n) is 11.3. The molecule has 0 atom stereocenters. The van der Waals surface area contributed by atoms with Gasteiger partial charge in [0.25, 0.3) is 0 Å². The first-order chi connectivity index (χ1) is 16.3. The molecule has 8 nitrogen and oxygen atoms in total. The van der Waals surface area contributed by atoms with Crippen molar-refractivity contribution < 1.29 is 0 Å². The van der Waals surface area contributed by atoms with Crippen LogP contribution in [0.4, 0.5) is 5.82 Å². The number of tetrazole rings is 1. The van der Waals surface area contributed by atoms with Gasteiger partial charge in [0.15, 0.2) is 5.65 Å². The van der Waals surface area contributed by atoms with Crippen LogP contribution in [0.5, 0.6) is 0 Å². The Hall–Kier alpha value is -4.07. The van der Waals surface area contributed by atoms with Crippen molar-refractivity contribution in [3.05, 3.63) is 77.6 Å². The standard InChI is InChI=1S/C25H26N8/c1-3-7-22-21(25(26-4-2)33-23(28-22)14-15-27-33)16-17-10-12-18(13-11-17)19-8-5-6-9-20(19)24-29-31-32-30-24/h5-6,8-15,26H,3-4,7,16H2,1-2H3,(H,29,30,31,32). The van der Waals surface area contributed by atoms with Gasteiger partial charge in [-0.25, -0.2) is 4.98 Å². The molecule has 0 aliphatic rings. The Labute approximate surface area is 192 Å². The second-order valence-electron chi connectivity index (χ2n) is 7.92. The van der Waals surface area contributed by atoms with Gasteiger partial charge in [-0.1, -0.05) is 61.9 Å². The highest BCUT2D eigenvalue weighted by Crippen LogP contribution is 2.31. The molecule has 33 heavy (non-hydrogen) atoms. The van der Waals surface area contributed by atoms with Gasteiger partial charge < -0.3 is 5.32 Å². The van der Waals surface area contributed by atoms with Crippen molar-refractivity contribution in [2.75, 3.05) is 11.9 Å². The molecule has 0 aliphatic carbocycles. The zero-order valence-electron chi connectivity index (χ0n) is 18.8. The number of rotatable bonds is 8. The zero-order chi connectivity index (χ0) is 22.6. The normalized spacial score (nSPS) is 11.2. The number of anilines is 1. The number of benzene rings is 2. The van der Waals surface area contributed by atoms with Gasteiger partial charge in [0.2, 0.25) is 5.82 Å². The lowest BCUT2D eigenvalue weighted by Crippen LogP contribution is -2.13. The molecule has 0 amide bonds. The highest BCUT2D eigenvalue weighted by Gasteiger charge is 2.16. The van der Waals surface area contributed by atoms with Crippen molar-refractivity contribution in [2.24, 2.45) is 0 Å². The van der Waals surface area contributed by atoms with Crippen LogP contribution in [0, 0.1) is 0 Å². The molecule has 0 fully saturated rings. The number of nitrogens with zero attached hydrogens (tertiary/aromatic N) is 6. The van der Waals surface area contributed by atoms with Gasteiger partial charge in [-0.3, -0.25) is 0 Å². The van der Waals surface area contributed by atoms with Crippen LogP contribution in [0.25, 0.3) is 28.2 Å². The zero-order valence-corrected chi connectivity index (χ0v) is 18.8. The Morgan fingerprint density at radius 3 is 2.52 bits per heavy atom. The summed E-state index contributed by atoms with van der Waals surface area (Å²) in [4.78, 5) is 4.91. The predicted octanol–water partition coefficient (Wildman–Crippen LogP) is 4.55. The summed E-state index contributed by atoms with van der Waals surface area (Å²) in [5.74, 6) is 1.62. The molecule has 3 aromatic heterocycles. The summed E-state index contributed by atoms with van der Waals surface area (Å²) in [6, 6.07) is 18.7. The maximum atomic E-state index is 4.91. The molecule has 2 N–H and O–H groups in total. The van der Waals surface area contributed by atoms with Crippen molar-refractivity contribution in [1.29, 1.82) is 0 Å². The highest BCUT2D eigenvalue weighted by atomic mass is 15.5. The van der Waals surface area contributed by atoms with Crippen molar-refractivity contribution in [1.82, 2.24) is 35.2 Å². The average molecular weight is 439 g/mol. The van der Waals surface area contributed by atoms with Crippen LogP contribution in [-0.2, 0) is 12.8 Å². The fraction of sp³-hybridized carbons (Fsp3) is 0.240. The maximum Gasteiger partial charge on any atom is 0.205 e. The van der Waals surface area contributed by atoms with E-state index in [-0.39, 0.29) is 0 Å². The van der Waals surface area contributed by atoms with Crippen LogP contribution >= 0.6 is 0 Å². The number of aryl methyl sites for hydroxylation is 1. The lowest BCUT2D eigenvalue weighted by atomic mass is 9.96. The van der Waals surface area contributed by atoms with E-state index in [0.717, 1.165) is 59.7 Å². The van der Waals surface area contributed by atoms with Gasteiger partial charge in [0.1, 0.15) is 5.82 Å². The number of aromatic amines is 1. The van der Waals surface area contributed by atoms with E-state index in [9.17, 15) is 0 Å².